The number of carbonyl (C=O) groups is 2. The van der Waals surface area contributed by atoms with Crippen LogP contribution < -0.4 is 16.0 Å². The lowest BCUT2D eigenvalue weighted by molar-refractivity contribution is -0.121. The highest BCUT2D eigenvalue weighted by Crippen LogP contribution is 2.52. The van der Waals surface area contributed by atoms with E-state index in [4.69, 9.17) is 10.5 Å². The molecule has 1 aromatic heterocycles. The van der Waals surface area contributed by atoms with Crippen molar-refractivity contribution in [3.8, 4) is 0 Å². The average molecular weight is 632 g/mol. The number of nitrogens with zero attached hydrogens (tertiary/aromatic N) is 5. The first-order chi connectivity index (χ1) is 21.7. The fraction of sp³-hybridized carbons (Fsp3) is 0.529. The van der Waals surface area contributed by atoms with Crippen LogP contribution in [-0.2, 0) is 28.5 Å². The molecule has 6 rings (SSSR count). The quantitative estimate of drug-likeness (QED) is 0.183. The molecule has 11 heteroatoms. The summed E-state index contributed by atoms with van der Waals surface area (Å²) in [5.74, 6) is 1.94. The van der Waals surface area contributed by atoms with Gasteiger partial charge in [0.2, 0.25) is 5.91 Å². The number of thioether (sulfide) groups is 1. The standard InChI is InChI=1S/C34H45N7O3S/c1-22-7-6-10-40(17-22)29(19-44-21-36-31(42)16-35)24-11-27-28(30(12-24)45-4)18-41(32(27)43)26-9-5-8-25(13-26)34(14-23(2)15-34)33-38-37-20-39(33)3/h5,8-9,11-13,20,22-23,29H,6-7,10,14-19,21,35H2,1-4H3,(H,36,42)/t22-,23-,29?,34+/m0/s1. The number of fused-ring (bicyclic) bond motifs is 1. The second-order valence-electron chi connectivity index (χ2n) is 13.1. The van der Waals surface area contributed by atoms with Gasteiger partial charge in [-0.3, -0.25) is 14.5 Å². The number of carbonyl (C=O) groups excluding carboxylic acids is 2. The molecule has 3 heterocycles. The normalized spacial score (nSPS) is 23.9. The lowest BCUT2D eigenvalue weighted by Gasteiger charge is -2.46. The Morgan fingerprint density at radius 2 is 2.04 bits per heavy atom. The van der Waals surface area contributed by atoms with Crippen LogP contribution in [0.15, 0.2) is 47.6 Å². The number of aromatic nitrogens is 3. The van der Waals surface area contributed by atoms with Gasteiger partial charge >= 0.3 is 0 Å². The molecule has 2 fully saturated rings. The van der Waals surface area contributed by atoms with E-state index >= 15 is 0 Å². The van der Waals surface area contributed by atoms with Crippen molar-refractivity contribution in [2.24, 2.45) is 24.6 Å². The van der Waals surface area contributed by atoms with E-state index in [9.17, 15) is 9.59 Å². The predicted octanol–water partition coefficient (Wildman–Crippen LogP) is 4.24. The third-order valence-corrected chi connectivity index (χ3v) is 10.6. The number of anilines is 1. The molecule has 3 aliphatic rings. The highest BCUT2D eigenvalue weighted by Gasteiger charge is 2.48. The molecule has 2 aliphatic heterocycles. The van der Waals surface area contributed by atoms with Crippen molar-refractivity contribution in [3.63, 3.8) is 0 Å². The number of hydrogen-bond donors (Lipinski definition) is 2. The van der Waals surface area contributed by atoms with E-state index in [1.54, 1.807) is 18.1 Å². The number of amides is 2. The molecule has 1 aliphatic carbocycles. The molecular weight excluding hydrogens is 586 g/mol. The molecule has 2 aromatic carbocycles. The van der Waals surface area contributed by atoms with Crippen molar-refractivity contribution in [3.05, 3.63) is 70.8 Å². The fourth-order valence-corrected chi connectivity index (χ4v) is 8.31. The van der Waals surface area contributed by atoms with E-state index in [1.807, 2.05) is 22.6 Å². The Hall–Kier alpha value is -3.25. The first-order valence-corrected chi connectivity index (χ1v) is 17.2. The molecule has 1 saturated heterocycles. The van der Waals surface area contributed by atoms with Gasteiger partial charge in [0, 0.05) is 29.7 Å². The molecule has 10 nitrogen and oxygen atoms in total. The van der Waals surface area contributed by atoms with E-state index in [1.165, 1.54) is 12.0 Å². The monoisotopic (exact) mass is 631 g/mol. The van der Waals surface area contributed by atoms with Crippen molar-refractivity contribution >= 4 is 29.3 Å². The second kappa shape index (κ2) is 13.2. The first kappa shape index (κ1) is 31.7. The molecule has 0 radical (unpaired) electrons. The van der Waals surface area contributed by atoms with Crippen molar-refractivity contribution in [1.29, 1.82) is 0 Å². The number of rotatable bonds is 11. The Bertz CT molecular complexity index is 1550. The topological polar surface area (TPSA) is 119 Å². The first-order valence-electron chi connectivity index (χ1n) is 16.0. The minimum atomic E-state index is -0.246. The van der Waals surface area contributed by atoms with Gasteiger partial charge in [0.15, 0.2) is 0 Å². The van der Waals surface area contributed by atoms with Crippen LogP contribution in [0.5, 0.6) is 0 Å². The zero-order valence-electron chi connectivity index (χ0n) is 26.8. The lowest BCUT2D eigenvalue weighted by atomic mass is 9.58. The molecular formula is C34H45N7O3S. The summed E-state index contributed by atoms with van der Waals surface area (Å²) in [5.41, 5.74) is 10.2. The summed E-state index contributed by atoms with van der Waals surface area (Å²) < 4.78 is 8.01. The molecule has 2 amide bonds. The molecule has 45 heavy (non-hydrogen) atoms. The number of likely N-dealkylation sites (tertiary alicyclic amines) is 1. The minimum Gasteiger partial charge on any atom is -0.359 e. The van der Waals surface area contributed by atoms with E-state index in [0.717, 1.165) is 65.4 Å². The fourth-order valence-electron chi connectivity index (χ4n) is 7.64. The molecule has 3 aromatic rings. The molecule has 0 spiro atoms. The zero-order chi connectivity index (χ0) is 31.7. The van der Waals surface area contributed by atoms with Gasteiger partial charge in [-0.2, -0.15) is 0 Å². The Kier molecular flexibility index (Phi) is 9.33. The van der Waals surface area contributed by atoms with E-state index in [-0.39, 0.29) is 36.5 Å². The number of hydrogen-bond acceptors (Lipinski definition) is 8. The Labute approximate surface area is 270 Å². The van der Waals surface area contributed by atoms with Crippen molar-refractivity contribution in [2.75, 3.05) is 44.1 Å². The van der Waals surface area contributed by atoms with Gasteiger partial charge in [-0.1, -0.05) is 26.0 Å². The molecule has 3 N–H and O–H groups in total. The number of nitrogens with two attached hydrogens (primary N) is 1. The maximum absolute atomic E-state index is 14.2. The van der Waals surface area contributed by atoms with Gasteiger partial charge in [-0.05, 0) is 91.3 Å². The largest absolute Gasteiger partial charge is 0.359 e. The van der Waals surface area contributed by atoms with Gasteiger partial charge < -0.3 is 25.3 Å². The van der Waals surface area contributed by atoms with Crippen LogP contribution in [0.3, 0.4) is 0 Å². The van der Waals surface area contributed by atoms with Crippen molar-refractivity contribution in [2.45, 2.75) is 62.4 Å². The Morgan fingerprint density at radius 3 is 2.73 bits per heavy atom. The maximum Gasteiger partial charge on any atom is 0.258 e. The summed E-state index contributed by atoms with van der Waals surface area (Å²) in [6, 6.07) is 12.8. The molecule has 0 bridgehead atoms. The summed E-state index contributed by atoms with van der Waals surface area (Å²) in [6.45, 7) is 7.48. The molecule has 2 atom stereocenters. The maximum atomic E-state index is 14.2. The number of piperidine rings is 1. The van der Waals surface area contributed by atoms with Crippen LogP contribution in [0.25, 0.3) is 0 Å². The van der Waals surface area contributed by atoms with Crippen LogP contribution in [0.4, 0.5) is 5.69 Å². The number of aryl methyl sites for hydroxylation is 1. The van der Waals surface area contributed by atoms with Gasteiger partial charge in [-0.15, -0.1) is 22.0 Å². The summed E-state index contributed by atoms with van der Waals surface area (Å²) in [4.78, 5) is 31.4. The van der Waals surface area contributed by atoms with E-state index < -0.39 is 0 Å². The minimum absolute atomic E-state index is 0.0240. The van der Waals surface area contributed by atoms with Crippen LogP contribution >= 0.6 is 11.8 Å². The van der Waals surface area contributed by atoms with E-state index in [2.05, 4.69) is 70.8 Å². The molecule has 240 valence electrons. The average Bonchev–Trinajstić information content (AvgIpc) is 3.61. The van der Waals surface area contributed by atoms with Crippen LogP contribution in [0.2, 0.25) is 0 Å². The second-order valence-corrected chi connectivity index (χ2v) is 14.0. The van der Waals surface area contributed by atoms with Crippen LogP contribution in [0, 0.1) is 11.8 Å². The van der Waals surface area contributed by atoms with E-state index in [0.29, 0.717) is 25.0 Å². The van der Waals surface area contributed by atoms with Crippen LogP contribution in [0.1, 0.15) is 78.4 Å². The van der Waals surface area contributed by atoms with Crippen LogP contribution in [-0.4, -0.2) is 70.7 Å². The zero-order valence-corrected chi connectivity index (χ0v) is 27.6. The Morgan fingerprint density at radius 1 is 1.22 bits per heavy atom. The van der Waals surface area contributed by atoms with Crippen molar-refractivity contribution < 1.29 is 14.3 Å². The Balaban J connectivity index is 1.30. The molecule has 1 saturated carbocycles. The highest BCUT2D eigenvalue weighted by atomic mass is 32.2. The summed E-state index contributed by atoms with van der Waals surface area (Å²) in [5, 5.41) is 11.4. The third kappa shape index (κ3) is 6.15. The number of ether oxygens (including phenoxy) is 1. The number of nitrogens with one attached hydrogen (secondary N) is 1. The predicted molar refractivity (Wildman–Crippen MR) is 176 cm³/mol. The van der Waals surface area contributed by atoms with Gasteiger partial charge in [0.25, 0.3) is 5.91 Å². The SMILES string of the molecule is CSc1cc(C(COCNC(=O)CN)N2CCC[C@H](C)C2)cc2c1CN(c1cccc([C@]3(c4nncn4C)C[C@@H](C)C3)c1)C2=O. The van der Waals surface area contributed by atoms with Crippen molar-refractivity contribution in [1.82, 2.24) is 25.0 Å². The smallest absolute Gasteiger partial charge is 0.258 e. The van der Waals surface area contributed by atoms with Gasteiger partial charge in [-0.25, -0.2) is 0 Å². The summed E-state index contributed by atoms with van der Waals surface area (Å²) in [7, 11) is 2.01. The summed E-state index contributed by atoms with van der Waals surface area (Å²) in [6.07, 6.45) is 8.19. The number of benzene rings is 2. The van der Waals surface area contributed by atoms with Gasteiger partial charge in [0.1, 0.15) is 18.9 Å². The lowest BCUT2D eigenvalue weighted by Crippen LogP contribution is -2.43. The van der Waals surface area contributed by atoms with Gasteiger partial charge in [0.05, 0.1) is 31.2 Å². The highest BCUT2D eigenvalue weighted by molar-refractivity contribution is 7.98. The summed E-state index contributed by atoms with van der Waals surface area (Å²) >= 11 is 1.68. The molecule has 1 unspecified atom stereocenters. The third-order valence-electron chi connectivity index (χ3n) is 9.83.